The van der Waals surface area contributed by atoms with Gasteiger partial charge in [-0.3, -0.25) is 9.78 Å². The van der Waals surface area contributed by atoms with Crippen molar-refractivity contribution in [3.05, 3.63) is 50.7 Å². The lowest BCUT2D eigenvalue weighted by atomic mass is 10.2. The van der Waals surface area contributed by atoms with Crippen molar-refractivity contribution < 1.29 is 4.79 Å². The highest BCUT2D eigenvalue weighted by atomic mass is 35.5. The minimum absolute atomic E-state index is 0.245. The molecule has 0 unspecified atom stereocenters. The number of nitrogens with two attached hydrogens (primary N) is 1. The number of benzene rings is 1. The van der Waals surface area contributed by atoms with E-state index in [1.807, 2.05) is 0 Å². The molecule has 20 heavy (non-hydrogen) atoms. The number of nitrogen functional groups attached to an aromatic ring is 1. The molecule has 0 radical (unpaired) electrons. The number of aromatic nitrogens is 1. The van der Waals surface area contributed by atoms with Crippen LogP contribution in [0.4, 0.5) is 11.4 Å². The van der Waals surface area contributed by atoms with E-state index in [9.17, 15) is 4.79 Å². The summed E-state index contributed by atoms with van der Waals surface area (Å²) in [5.74, 6) is -0.443. The number of amides is 1. The van der Waals surface area contributed by atoms with Gasteiger partial charge in [0.2, 0.25) is 0 Å². The SMILES string of the molecule is Cc1cc(N)c(C(=O)Nc2c(Cl)cc(Cl)cc2Cl)cn1. The molecule has 0 aliphatic heterocycles. The van der Waals surface area contributed by atoms with E-state index in [1.165, 1.54) is 18.3 Å². The average molecular weight is 331 g/mol. The molecule has 1 aromatic carbocycles. The number of aryl methyl sites for hydroxylation is 1. The third-order valence-corrected chi connectivity index (χ3v) is 3.38. The first-order valence-corrected chi connectivity index (χ1v) is 6.70. The highest BCUT2D eigenvalue weighted by Crippen LogP contribution is 2.34. The van der Waals surface area contributed by atoms with Gasteiger partial charge in [-0.2, -0.15) is 0 Å². The summed E-state index contributed by atoms with van der Waals surface area (Å²) in [5, 5.41) is 3.47. The van der Waals surface area contributed by atoms with Crippen LogP contribution in [0.2, 0.25) is 15.1 Å². The summed E-state index contributed by atoms with van der Waals surface area (Å²) in [6.45, 7) is 1.78. The molecule has 2 rings (SSSR count). The minimum atomic E-state index is -0.443. The zero-order valence-corrected chi connectivity index (χ0v) is 12.6. The fourth-order valence-corrected chi connectivity index (χ4v) is 2.52. The molecule has 104 valence electrons. The number of nitrogens with zero attached hydrogens (tertiary/aromatic N) is 1. The summed E-state index contributed by atoms with van der Waals surface area (Å²) in [5.41, 5.74) is 7.37. The van der Waals surface area contributed by atoms with Crippen LogP contribution in [0.1, 0.15) is 16.1 Å². The fraction of sp³-hybridized carbons (Fsp3) is 0.0769. The van der Waals surface area contributed by atoms with Gasteiger partial charge in [-0.1, -0.05) is 34.8 Å². The van der Waals surface area contributed by atoms with E-state index in [1.54, 1.807) is 13.0 Å². The zero-order chi connectivity index (χ0) is 14.9. The van der Waals surface area contributed by atoms with Gasteiger partial charge in [0.15, 0.2) is 0 Å². The Labute approximate surface area is 130 Å². The minimum Gasteiger partial charge on any atom is -0.398 e. The zero-order valence-electron chi connectivity index (χ0n) is 10.4. The lowest BCUT2D eigenvalue weighted by molar-refractivity contribution is 0.102. The van der Waals surface area contributed by atoms with E-state index in [0.717, 1.165) is 5.69 Å². The Morgan fingerprint density at radius 3 is 2.35 bits per heavy atom. The summed E-state index contributed by atoms with van der Waals surface area (Å²) in [4.78, 5) is 16.2. The van der Waals surface area contributed by atoms with Gasteiger partial charge in [-0.05, 0) is 25.1 Å². The maximum absolute atomic E-state index is 12.2. The van der Waals surface area contributed by atoms with Crippen molar-refractivity contribution in [2.45, 2.75) is 6.92 Å². The van der Waals surface area contributed by atoms with Crippen molar-refractivity contribution in [1.82, 2.24) is 4.98 Å². The van der Waals surface area contributed by atoms with Gasteiger partial charge in [0.1, 0.15) is 0 Å². The molecule has 7 heteroatoms. The second-order valence-electron chi connectivity index (χ2n) is 4.11. The van der Waals surface area contributed by atoms with Gasteiger partial charge < -0.3 is 11.1 Å². The molecule has 1 aromatic heterocycles. The lowest BCUT2D eigenvalue weighted by Crippen LogP contribution is -2.15. The predicted molar refractivity (Wildman–Crippen MR) is 82.8 cm³/mol. The second kappa shape index (κ2) is 5.87. The van der Waals surface area contributed by atoms with Crippen molar-refractivity contribution in [2.24, 2.45) is 0 Å². The largest absolute Gasteiger partial charge is 0.398 e. The van der Waals surface area contributed by atoms with Crippen LogP contribution in [0.5, 0.6) is 0 Å². The first-order valence-electron chi connectivity index (χ1n) is 5.56. The third kappa shape index (κ3) is 3.15. The van der Waals surface area contributed by atoms with Crippen LogP contribution in [-0.2, 0) is 0 Å². The van der Waals surface area contributed by atoms with Gasteiger partial charge in [-0.15, -0.1) is 0 Å². The number of rotatable bonds is 2. The molecular weight excluding hydrogens is 321 g/mol. The van der Waals surface area contributed by atoms with E-state index in [-0.39, 0.29) is 21.3 Å². The molecule has 1 amide bonds. The molecule has 4 nitrogen and oxygen atoms in total. The van der Waals surface area contributed by atoms with Crippen molar-refractivity contribution >= 4 is 52.1 Å². The van der Waals surface area contributed by atoms with E-state index in [0.29, 0.717) is 10.7 Å². The number of anilines is 2. The molecule has 0 atom stereocenters. The monoisotopic (exact) mass is 329 g/mol. The molecule has 0 saturated heterocycles. The van der Waals surface area contributed by atoms with Crippen LogP contribution < -0.4 is 11.1 Å². The average Bonchev–Trinajstić information content (AvgIpc) is 2.33. The van der Waals surface area contributed by atoms with Gasteiger partial charge in [-0.25, -0.2) is 0 Å². The van der Waals surface area contributed by atoms with Gasteiger partial charge >= 0.3 is 0 Å². The lowest BCUT2D eigenvalue weighted by Gasteiger charge is -2.11. The number of pyridine rings is 1. The molecule has 2 aromatic rings. The molecule has 1 heterocycles. The normalized spacial score (nSPS) is 10.4. The van der Waals surface area contributed by atoms with Crippen molar-refractivity contribution in [1.29, 1.82) is 0 Å². The summed E-state index contributed by atoms with van der Waals surface area (Å²) >= 11 is 17.8. The molecule has 0 aliphatic carbocycles. The molecule has 0 spiro atoms. The van der Waals surface area contributed by atoms with Crippen molar-refractivity contribution in [2.75, 3.05) is 11.1 Å². The maximum atomic E-state index is 12.2. The standard InChI is InChI=1S/C13H10Cl3N3O/c1-6-2-11(17)8(5-18-6)13(20)19-12-9(15)3-7(14)4-10(12)16/h2-5H,1H3,(H2,17,18)(H,19,20). The molecule has 0 fully saturated rings. The van der Waals surface area contributed by atoms with Gasteiger partial charge in [0.25, 0.3) is 5.91 Å². The summed E-state index contributed by atoms with van der Waals surface area (Å²) < 4.78 is 0. The Hall–Kier alpha value is -1.49. The van der Waals surface area contributed by atoms with E-state index in [2.05, 4.69) is 10.3 Å². The second-order valence-corrected chi connectivity index (χ2v) is 5.36. The van der Waals surface area contributed by atoms with E-state index < -0.39 is 5.91 Å². The number of carbonyl (C=O) groups excluding carboxylic acids is 1. The number of nitrogens with one attached hydrogen (secondary N) is 1. The molecule has 0 saturated carbocycles. The molecule has 3 N–H and O–H groups in total. The van der Waals surface area contributed by atoms with Crippen LogP contribution in [0.25, 0.3) is 0 Å². The Balaban J connectivity index is 2.33. The first-order chi connectivity index (χ1) is 9.38. The van der Waals surface area contributed by atoms with E-state index >= 15 is 0 Å². The quantitative estimate of drug-likeness (QED) is 0.867. The maximum Gasteiger partial charge on any atom is 0.259 e. The van der Waals surface area contributed by atoms with Crippen LogP contribution in [-0.4, -0.2) is 10.9 Å². The highest BCUT2D eigenvalue weighted by Gasteiger charge is 2.15. The number of carbonyl (C=O) groups is 1. The molecule has 0 aliphatic rings. The third-order valence-electron chi connectivity index (χ3n) is 2.56. The Bertz CT molecular complexity index is 666. The fourth-order valence-electron chi connectivity index (χ4n) is 1.61. The van der Waals surface area contributed by atoms with Crippen LogP contribution in [0.3, 0.4) is 0 Å². The molecular formula is C13H10Cl3N3O. The molecule has 0 bridgehead atoms. The predicted octanol–water partition coefficient (Wildman–Crippen LogP) is 4.18. The highest BCUT2D eigenvalue weighted by molar-refractivity contribution is 6.42. The summed E-state index contributed by atoms with van der Waals surface area (Å²) in [6.07, 6.45) is 1.40. The van der Waals surface area contributed by atoms with E-state index in [4.69, 9.17) is 40.5 Å². The van der Waals surface area contributed by atoms with Crippen molar-refractivity contribution in [3.8, 4) is 0 Å². The number of hydrogen-bond acceptors (Lipinski definition) is 3. The summed E-state index contributed by atoms with van der Waals surface area (Å²) in [6, 6.07) is 4.59. The summed E-state index contributed by atoms with van der Waals surface area (Å²) in [7, 11) is 0. The Kier molecular flexibility index (Phi) is 4.38. The topological polar surface area (TPSA) is 68.0 Å². The Morgan fingerprint density at radius 2 is 1.80 bits per heavy atom. The van der Waals surface area contributed by atoms with Crippen LogP contribution in [0, 0.1) is 6.92 Å². The number of halogens is 3. The number of hydrogen-bond donors (Lipinski definition) is 2. The van der Waals surface area contributed by atoms with Crippen LogP contribution in [0.15, 0.2) is 24.4 Å². The van der Waals surface area contributed by atoms with Crippen LogP contribution >= 0.6 is 34.8 Å². The first kappa shape index (κ1) is 14.9. The van der Waals surface area contributed by atoms with Gasteiger partial charge in [0, 0.05) is 22.6 Å². The van der Waals surface area contributed by atoms with Crippen molar-refractivity contribution in [3.63, 3.8) is 0 Å². The Morgan fingerprint density at radius 1 is 1.20 bits per heavy atom. The van der Waals surface area contributed by atoms with Gasteiger partial charge in [0.05, 0.1) is 21.3 Å². The smallest absolute Gasteiger partial charge is 0.259 e.